The fraction of sp³-hybridized carbons (Fsp3) is 0.750. The van der Waals surface area contributed by atoms with Crippen LogP contribution in [-0.2, 0) is 0 Å². The Kier molecular flexibility index (Phi) is 11.3. The van der Waals surface area contributed by atoms with Gasteiger partial charge in [0.15, 0.2) is 0 Å². The Morgan fingerprint density at radius 3 is 1.68 bits per heavy atom. The van der Waals surface area contributed by atoms with Crippen LogP contribution in [-0.4, -0.2) is 6.15 Å². The van der Waals surface area contributed by atoms with Gasteiger partial charge >= 0.3 is 18.9 Å². The first-order valence-electron chi connectivity index (χ1n) is 8.03. The van der Waals surface area contributed by atoms with Gasteiger partial charge in [-0.2, -0.15) is 35.1 Å². The van der Waals surface area contributed by atoms with Gasteiger partial charge in [-0.25, -0.2) is 0 Å². The Labute approximate surface area is 136 Å². The molecule has 0 radical (unpaired) electrons. The molecular weight excluding hydrogens is 242 g/mol. The summed E-state index contributed by atoms with van der Waals surface area (Å²) in [5, 5.41) is 2.27. The van der Waals surface area contributed by atoms with E-state index < -0.39 is 0 Å². The van der Waals surface area contributed by atoms with Crippen LogP contribution in [0.1, 0.15) is 59.3 Å². The molecule has 0 unspecified atom stereocenters. The van der Waals surface area contributed by atoms with Crippen LogP contribution in [0.4, 0.5) is 0 Å². The average Bonchev–Trinajstić information content (AvgIpc) is 2.93. The summed E-state index contributed by atoms with van der Waals surface area (Å²) < 4.78 is 1.71. The van der Waals surface area contributed by atoms with Crippen LogP contribution in [0, 0.1) is 0 Å². The molecule has 0 fully saturated rings. The zero-order chi connectivity index (χ0) is 13.3. The van der Waals surface area contributed by atoms with E-state index >= 15 is 0 Å². The smallest absolute Gasteiger partial charge is 0.192 e. The van der Waals surface area contributed by atoms with Crippen molar-refractivity contribution in [3.8, 4) is 0 Å². The van der Waals surface area contributed by atoms with Gasteiger partial charge in [0.1, 0.15) is 0 Å². The summed E-state index contributed by atoms with van der Waals surface area (Å²) in [6.07, 6.45) is 12.4. The topological polar surface area (TPSA) is 0 Å². The van der Waals surface area contributed by atoms with E-state index in [1.54, 1.807) is 4.78 Å². The van der Waals surface area contributed by atoms with Crippen molar-refractivity contribution < 1.29 is 18.9 Å². The van der Waals surface area contributed by atoms with Gasteiger partial charge in [0.25, 0.3) is 0 Å². The van der Waals surface area contributed by atoms with Crippen molar-refractivity contribution in [2.75, 3.05) is 0 Å². The molecule has 0 N–H and O–H groups in total. The third kappa shape index (κ3) is 6.11. The van der Waals surface area contributed by atoms with E-state index in [4.69, 9.17) is 0 Å². The first-order chi connectivity index (χ1) is 8.79. The van der Waals surface area contributed by atoms with Gasteiger partial charge in [-0.15, -0.1) is 0 Å². The Morgan fingerprint density at radius 2 is 1.37 bits per heavy atom. The molecule has 1 aromatic heterocycles. The quantitative estimate of drug-likeness (QED) is 0.575. The summed E-state index contributed by atoms with van der Waals surface area (Å²) in [6, 6.07) is 4.66. The molecule has 0 aromatic carbocycles. The normalized spacial score (nSPS) is 11.3. The predicted molar refractivity (Wildman–Crippen MR) is 88.9 cm³/mol. The van der Waals surface area contributed by atoms with Crippen molar-refractivity contribution >= 4 is 22.3 Å². The molecule has 0 nitrogen and oxygen atoms in total. The largest absolute Gasteiger partial charge is 1.00 e. The summed E-state index contributed by atoms with van der Waals surface area (Å²) in [5.41, 5.74) is 0. The van der Waals surface area contributed by atoms with Gasteiger partial charge in [-0.1, -0.05) is 71.4 Å². The molecule has 0 amide bonds. The first-order valence-corrected chi connectivity index (χ1v) is 8.91. The molecule has 1 rings (SSSR count). The molecule has 0 aliphatic carbocycles. The maximum atomic E-state index is 2.41. The van der Waals surface area contributed by atoms with E-state index in [1.807, 2.05) is 11.3 Å². The summed E-state index contributed by atoms with van der Waals surface area (Å²) >= 11 is 2.01. The van der Waals surface area contributed by atoms with E-state index in [1.165, 1.54) is 57.5 Å². The third-order valence-corrected chi connectivity index (χ3v) is 5.68. The SMILES string of the molecule is CCCC[B-](CCCC)(CCCC)c1cccs1.[Li+]. The van der Waals surface area contributed by atoms with Gasteiger partial charge < -0.3 is 0 Å². The van der Waals surface area contributed by atoms with Crippen LogP contribution in [0.25, 0.3) is 0 Å². The van der Waals surface area contributed by atoms with Gasteiger partial charge in [-0.05, 0) is 5.38 Å². The molecule has 0 bridgehead atoms. The maximum Gasteiger partial charge on any atom is 1.00 e. The molecule has 0 saturated heterocycles. The van der Waals surface area contributed by atoms with Gasteiger partial charge in [0.2, 0.25) is 0 Å². The van der Waals surface area contributed by atoms with Crippen LogP contribution < -0.4 is 23.6 Å². The fourth-order valence-electron chi connectivity index (χ4n) is 3.28. The fourth-order valence-corrected chi connectivity index (χ4v) is 4.40. The molecule has 0 spiro atoms. The summed E-state index contributed by atoms with van der Waals surface area (Å²) in [5.74, 6) is 0. The molecule has 1 aromatic rings. The molecule has 0 atom stereocenters. The number of thiophene rings is 1. The Morgan fingerprint density at radius 1 is 0.895 bits per heavy atom. The predicted octanol–water partition coefficient (Wildman–Crippen LogP) is 2.81. The van der Waals surface area contributed by atoms with Crippen molar-refractivity contribution in [1.29, 1.82) is 0 Å². The summed E-state index contributed by atoms with van der Waals surface area (Å²) in [4.78, 5) is 0. The number of hydrogen-bond donors (Lipinski definition) is 0. The number of rotatable bonds is 10. The minimum Gasteiger partial charge on any atom is -0.192 e. The van der Waals surface area contributed by atoms with Gasteiger partial charge in [-0.3, -0.25) is 0 Å². The van der Waals surface area contributed by atoms with Crippen LogP contribution in [0.2, 0.25) is 19.0 Å². The van der Waals surface area contributed by atoms with Crippen LogP contribution in [0.5, 0.6) is 0 Å². The van der Waals surface area contributed by atoms with E-state index in [2.05, 4.69) is 38.3 Å². The van der Waals surface area contributed by atoms with Crippen LogP contribution >= 0.6 is 11.3 Å². The van der Waals surface area contributed by atoms with Crippen molar-refractivity contribution in [3.63, 3.8) is 0 Å². The molecule has 19 heavy (non-hydrogen) atoms. The summed E-state index contributed by atoms with van der Waals surface area (Å²) in [7, 11) is 0. The van der Waals surface area contributed by atoms with Gasteiger partial charge in [0.05, 0.1) is 0 Å². The monoisotopic (exact) mass is 272 g/mol. The van der Waals surface area contributed by atoms with Crippen molar-refractivity contribution in [2.45, 2.75) is 78.3 Å². The van der Waals surface area contributed by atoms with Gasteiger partial charge in [0, 0.05) is 6.15 Å². The molecule has 0 aliphatic heterocycles. The number of hydrogen-bond acceptors (Lipinski definition) is 1. The van der Waals surface area contributed by atoms with Crippen LogP contribution in [0.15, 0.2) is 17.5 Å². The second-order valence-corrected chi connectivity index (χ2v) is 6.90. The minimum absolute atomic E-state index is 0. The molecule has 0 saturated carbocycles. The van der Waals surface area contributed by atoms with Crippen molar-refractivity contribution in [2.24, 2.45) is 0 Å². The Balaban J connectivity index is 0.00000324. The standard InChI is InChI=1S/C16H30BS.Li/c1-4-7-12-17(13-8-5-2,14-9-6-3)16-11-10-15-18-16;/h10-11,15H,4-9,12-14H2,1-3H3;/q-1;+1. The Hall–Kier alpha value is 0.362. The minimum atomic E-state index is -0.251. The first kappa shape index (κ1) is 19.4. The second-order valence-electron chi connectivity index (χ2n) is 5.92. The number of unbranched alkanes of at least 4 members (excludes halogenated alkanes) is 3. The van der Waals surface area contributed by atoms with E-state index in [0.29, 0.717) is 0 Å². The molecule has 0 aliphatic rings. The van der Waals surface area contributed by atoms with Crippen molar-refractivity contribution in [3.05, 3.63) is 17.5 Å². The molecular formula is C16H30BLiS. The maximum absolute atomic E-state index is 2.41. The third-order valence-electron chi connectivity index (χ3n) is 4.48. The Bertz CT molecular complexity index is 276. The zero-order valence-corrected chi connectivity index (χ0v) is 14.4. The van der Waals surface area contributed by atoms with Crippen molar-refractivity contribution in [1.82, 2.24) is 0 Å². The molecule has 104 valence electrons. The van der Waals surface area contributed by atoms with Crippen LogP contribution in [0.3, 0.4) is 0 Å². The molecule has 1 heterocycles. The molecule has 3 heteroatoms. The van der Waals surface area contributed by atoms with E-state index in [0.717, 1.165) is 0 Å². The zero-order valence-electron chi connectivity index (χ0n) is 13.6. The van der Waals surface area contributed by atoms with E-state index in [9.17, 15) is 0 Å². The summed E-state index contributed by atoms with van der Waals surface area (Å²) in [6.45, 7) is 6.98. The van der Waals surface area contributed by atoms with E-state index in [-0.39, 0.29) is 25.0 Å². The average molecular weight is 272 g/mol. The second kappa shape index (κ2) is 11.1.